The molecular formula is C29H47N3O6S. The van der Waals surface area contributed by atoms with Gasteiger partial charge >= 0.3 is 12.1 Å². The highest BCUT2D eigenvalue weighted by atomic mass is 32.2. The number of nitrogens with zero attached hydrogens (tertiary/aromatic N) is 1. The molecule has 1 rings (SSSR count). The molecule has 10 heteroatoms. The molecule has 0 spiro atoms. The quantitative estimate of drug-likeness (QED) is 0.219. The van der Waals surface area contributed by atoms with E-state index in [2.05, 4.69) is 22.3 Å². The maximum absolute atomic E-state index is 14.2. The second-order valence-corrected chi connectivity index (χ2v) is 11.5. The van der Waals surface area contributed by atoms with Crippen LogP contribution in [0.2, 0.25) is 0 Å². The Kier molecular flexibility index (Phi) is 15.6. The first-order valence-corrected chi connectivity index (χ1v) is 15.0. The van der Waals surface area contributed by atoms with E-state index in [0.717, 1.165) is 31.2 Å². The molecular weight excluding hydrogens is 518 g/mol. The number of alkyl carbamates (subject to hydrolysis) is 1. The van der Waals surface area contributed by atoms with Crippen molar-refractivity contribution in [3.8, 4) is 0 Å². The number of methoxy groups -OCH3 is 1. The predicted molar refractivity (Wildman–Crippen MR) is 156 cm³/mol. The molecule has 0 saturated heterocycles. The van der Waals surface area contributed by atoms with Crippen LogP contribution in [0.4, 0.5) is 4.79 Å². The first-order valence-electron chi connectivity index (χ1n) is 13.6. The Morgan fingerprint density at radius 3 is 2.31 bits per heavy atom. The summed E-state index contributed by atoms with van der Waals surface area (Å²) in [5, 5.41) is 5.38. The number of carbonyl (C=O) groups excluding carboxylic acids is 4. The topological polar surface area (TPSA) is 114 Å². The van der Waals surface area contributed by atoms with Gasteiger partial charge in [0.25, 0.3) is 0 Å². The summed E-state index contributed by atoms with van der Waals surface area (Å²) in [6, 6.07) is 5.49. The average Bonchev–Trinajstić information content (AvgIpc) is 2.88. The van der Waals surface area contributed by atoms with Crippen LogP contribution < -0.4 is 10.6 Å². The zero-order chi connectivity index (χ0) is 29.4. The SMILES string of the molecule is CCCCCCCN(C(=O)C(CCSC)NC(=O)OC(C)(C)C)C(C(=O)NCC(=O)OC)c1ccccc1C. The van der Waals surface area contributed by atoms with Gasteiger partial charge in [-0.3, -0.25) is 14.4 Å². The van der Waals surface area contributed by atoms with E-state index < -0.39 is 35.7 Å². The van der Waals surface area contributed by atoms with E-state index in [1.165, 1.54) is 7.11 Å². The van der Waals surface area contributed by atoms with Crippen molar-refractivity contribution in [3.05, 3.63) is 35.4 Å². The smallest absolute Gasteiger partial charge is 0.408 e. The molecule has 39 heavy (non-hydrogen) atoms. The summed E-state index contributed by atoms with van der Waals surface area (Å²) in [5.74, 6) is -0.821. The molecule has 0 radical (unpaired) electrons. The maximum Gasteiger partial charge on any atom is 0.408 e. The van der Waals surface area contributed by atoms with Gasteiger partial charge in [0.2, 0.25) is 11.8 Å². The Balaban J connectivity index is 3.46. The fourth-order valence-electron chi connectivity index (χ4n) is 4.07. The van der Waals surface area contributed by atoms with Crippen molar-refractivity contribution in [3.63, 3.8) is 0 Å². The van der Waals surface area contributed by atoms with Gasteiger partial charge in [0, 0.05) is 6.54 Å². The third kappa shape index (κ3) is 12.8. The number of esters is 1. The van der Waals surface area contributed by atoms with E-state index in [4.69, 9.17) is 4.74 Å². The minimum Gasteiger partial charge on any atom is -0.468 e. The van der Waals surface area contributed by atoms with Crippen LogP contribution in [0.1, 0.15) is 83.4 Å². The monoisotopic (exact) mass is 565 g/mol. The average molecular weight is 566 g/mol. The van der Waals surface area contributed by atoms with Crippen molar-refractivity contribution in [1.29, 1.82) is 0 Å². The van der Waals surface area contributed by atoms with Gasteiger partial charge in [-0.25, -0.2) is 4.79 Å². The number of ether oxygens (including phenoxy) is 2. The Morgan fingerprint density at radius 2 is 1.72 bits per heavy atom. The highest BCUT2D eigenvalue weighted by Gasteiger charge is 2.36. The Morgan fingerprint density at radius 1 is 1.05 bits per heavy atom. The zero-order valence-corrected chi connectivity index (χ0v) is 25.4. The van der Waals surface area contributed by atoms with Crippen LogP contribution in [0, 0.1) is 6.92 Å². The summed E-state index contributed by atoms with van der Waals surface area (Å²) in [5.41, 5.74) is 0.760. The first-order chi connectivity index (χ1) is 18.4. The molecule has 3 amide bonds. The molecule has 0 aliphatic heterocycles. The van der Waals surface area contributed by atoms with Gasteiger partial charge in [-0.2, -0.15) is 11.8 Å². The van der Waals surface area contributed by atoms with Gasteiger partial charge in [-0.05, 0) is 63.7 Å². The number of hydrogen-bond donors (Lipinski definition) is 2. The normalized spacial score (nSPS) is 12.7. The van der Waals surface area contributed by atoms with Gasteiger partial charge in [0.1, 0.15) is 24.2 Å². The number of rotatable bonds is 16. The summed E-state index contributed by atoms with van der Waals surface area (Å²) in [6.07, 6.45) is 6.40. The van der Waals surface area contributed by atoms with Crippen molar-refractivity contribution in [2.45, 2.75) is 90.8 Å². The Bertz CT molecular complexity index is 934. The number of nitrogens with one attached hydrogen (secondary N) is 2. The second-order valence-electron chi connectivity index (χ2n) is 10.5. The number of thioether (sulfide) groups is 1. The van der Waals surface area contributed by atoms with Crippen molar-refractivity contribution in [2.75, 3.05) is 32.2 Å². The molecule has 2 atom stereocenters. The summed E-state index contributed by atoms with van der Waals surface area (Å²) >= 11 is 1.56. The number of aryl methyl sites for hydroxylation is 1. The second kappa shape index (κ2) is 17.8. The minimum absolute atomic E-state index is 0.317. The molecule has 1 aromatic carbocycles. The third-order valence-corrected chi connectivity index (χ3v) is 6.71. The van der Waals surface area contributed by atoms with Crippen molar-refractivity contribution in [2.24, 2.45) is 0 Å². The largest absolute Gasteiger partial charge is 0.468 e. The predicted octanol–water partition coefficient (Wildman–Crippen LogP) is 4.77. The van der Waals surface area contributed by atoms with Crippen molar-refractivity contribution >= 4 is 35.6 Å². The molecule has 0 heterocycles. The minimum atomic E-state index is -0.994. The van der Waals surface area contributed by atoms with E-state index in [1.807, 2.05) is 37.4 Å². The standard InChI is InChI=1S/C29H47N3O6S/c1-8-9-10-11-14-18-32(27(35)23(17-19-39-7)31-28(36)38-29(3,4)5)25(22-16-13-12-15-21(22)2)26(34)30-20-24(33)37-6/h12-13,15-16,23,25H,8-11,14,17-20H2,1-7H3,(H,30,34)(H,31,36). The molecule has 0 fully saturated rings. The van der Waals surface area contributed by atoms with Gasteiger partial charge in [0.05, 0.1) is 7.11 Å². The Hall–Kier alpha value is -2.75. The van der Waals surface area contributed by atoms with Gasteiger partial charge in [0.15, 0.2) is 0 Å². The van der Waals surface area contributed by atoms with Crippen LogP contribution in [0.25, 0.3) is 0 Å². The maximum atomic E-state index is 14.2. The Labute approximate surface area is 238 Å². The fourth-order valence-corrected chi connectivity index (χ4v) is 4.54. The molecule has 0 aromatic heterocycles. The molecule has 2 unspecified atom stereocenters. The van der Waals surface area contributed by atoms with E-state index >= 15 is 0 Å². The van der Waals surface area contributed by atoms with Gasteiger partial charge in [-0.15, -0.1) is 0 Å². The van der Waals surface area contributed by atoms with Crippen molar-refractivity contribution < 1.29 is 28.7 Å². The van der Waals surface area contributed by atoms with Gasteiger partial charge in [-0.1, -0.05) is 56.9 Å². The molecule has 0 aliphatic carbocycles. The number of unbranched alkanes of at least 4 members (excludes halogenated alkanes) is 4. The van der Waals surface area contributed by atoms with Crippen LogP contribution in [-0.4, -0.2) is 72.6 Å². The molecule has 9 nitrogen and oxygen atoms in total. The number of benzene rings is 1. The van der Waals surface area contributed by atoms with Crippen molar-refractivity contribution in [1.82, 2.24) is 15.5 Å². The lowest BCUT2D eigenvalue weighted by atomic mass is 9.97. The van der Waals surface area contributed by atoms with Crippen LogP contribution in [0.5, 0.6) is 0 Å². The van der Waals surface area contributed by atoms with Crippen LogP contribution >= 0.6 is 11.8 Å². The molecule has 2 N–H and O–H groups in total. The highest BCUT2D eigenvalue weighted by molar-refractivity contribution is 7.98. The van der Waals surface area contributed by atoms with Crippen LogP contribution in [0.3, 0.4) is 0 Å². The van der Waals surface area contributed by atoms with E-state index in [-0.39, 0.29) is 12.5 Å². The van der Waals surface area contributed by atoms with Crippen LogP contribution in [0.15, 0.2) is 24.3 Å². The summed E-state index contributed by atoms with van der Waals surface area (Å²) < 4.78 is 10.1. The molecule has 0 bridgehead atoms. The third-order valence-electron chi connectivity index (χ3n) is 6.06. The molecule has 0 saturated carbocycles. The lowest BCUT2D eigenvalue weighted by molar-refractivity contribution is -0.144. The van der Waals surface area contributed by atoms with E-state index in [1.54, 1.807) is 37.4 Å². The first kappa shape index (κ1) is 34.3. The van der Waals surface area contributed by atoms with Gasteiger partial charge < -0.3 is 25.0 Å². The molecule has 220 valence electrons. The lowest BCUT2D eigenvalue weighted by Gasteiger charge is -2.35. The number of amides is 3. The zero-order valence-electron chi connectivity index (χ0n) is 24.6. The summed E-state index contributed by atoms with van der Waals surface area (Å²) in [6.45, 7) is 9.29. The van der Waals surface area contributed by atoms with E-state index in [0.29, 0.717) is 30.7 Å². The summed E-state index contributed by atoms with van der Waals surface area (Å²) in [7, 11) is 1.25. The molecule has 0 aliphatic rings. The van der Waals surface area contributed by atoms with Crippen LogP contribution in [-0.2, 0) is 23.9 Å². The number of carbonyl (C=O) groups is 4. The molecule has 1 aromatic rings. The van der Waals surface area contributed by atoms with E-state index in [9.17, 15) is 19.2 Å². The number of hydrogen-bond acceptors (Lipinski definition) is 7. The fraction of sp³-hybridized carbons (Fsp3) is 0.655. The highest BCUT2D eigenvalue weighted by Crippen LogP contribution is 2.27. The summed E-state index contributed by atoms with van der Waals surface area (Å²) in [4.78, 5) is 53.8. The lowest BCUT2D eigenvalue weighted by Crippen LogP contribution is -2.53.